The average Bonchev–Trinajstić information content (AvgIpc) is 3.41. The van der Waals surface area contributed by atoms with Gasteiger partial charge in [0.2, 0.25) is 23.6 Å². The van der Waals surface area contributed by atoms with Crippen molar-refractivity contribution in [3.05, 3.63) is 65.9 Å². The fourth-order valence-corrected chi connectivity index (χ4v) is 4.82. The Balaban J connectivity index is 1.82. The summed E-state index contributed by atoms with van der Waals surface area (Å²) in [6.07, 6.45) is 2.81. The summed E-state index contributed by atoms with van der Waals surface area (Å²) < 4.78 is 0. The molecule has 14 nitrogen and oxygen atoms in total. The molecule has 242 valence electrons. The van der Waals surface area contributed by atoms with Crippen molar-refractivity contribution >= 4 is 40.5 Å². The second-order valence-corrected chi connectivity index (χ2v) is 10.9. The summed E-state index contributed by atoms with van der Waals surface area (Å²) in [5.41, 5.74) is 19.0. The third-order valence-corrected chi connectivity index (χ3v) is 7.34. The van der Waals surface area contributed by atoms with Gasteiger partial charge in [0.25, 0.3) is 0 Å². The number of unbranched alkanes of at least 4 members (excludes halogenated alkanes) is 1. The number of phenolic OH excluding ortho intramolecular Hbond substituents is 1. The summed E-state index contributed by atoms with van der Waals surface area (Å²) in [6.45, 7) is 0.451. The largest absolute Gasteiger partial charge is 0.508 e. The molecule has 0 saturated heterocycles. The Hall–Kier alpha value is -4.95. The number of nitrogens with one attached hydrogen (secondary N) is 4. The lowest BCUT2D eigenvalue weighted by molar-refractivity contribution is -0.142. The summed E-state index contributed by atoms with van der Waals surface area (Å²) in [6, 6.07) is 8.40. The number of H-pyrrole nitrogens is 1. The molecule has 4 amide bonds. The summed E-state index contributed by atoms with van der Waals surface area (Å²) in [4.78, 5) is 66.8. The van der Waals surface area contributed by atoms with Crippen LogP contribution in [0.4, 0.5) is 0 Å². The number of carbonyl (C=O) groups excluding carboxylic acids is 4. The van der Waals surface area contributed by atoms with Crippen LogP contribution in [0.25, 0.3) is 10.9 Å². The lowest BCUT2D eigenvalue weighted by Gasteiger charge is -2.25. The predicted octanol–water partition coefficient (Wildman–Crippen LogP) is -0.0805. The Morgan fingerprint density at radius 3 is 2.11 bits per heavy atom. The minimum atomic E-state index is -1.39. The Labute approximate surface area is 260 Å². The van der Waals surface area contributed by atoms with E-state index in [2.05, 4.69) is 20.9 Å². The van der Waals surface area contributed by atoms with Crippen LogP contribution in [-0.4, -0.2) is 75.5 Å². The van der Waals surface area contributed by atoms with Gasteiger partial charge in [-0.15, -0.1) is 0 Å². The van der Waals surface area contributed by atoms with Gasteiger partial charge in [-0.1, -0.05) is 36.8 Å². The van der Waals surface area contributed by atoms with Gasteiger partial charge in [0.05, 0.1) is 6.04 Å². The lowest BCUT2D eigenvalue weighted by Crippen LogP contribution is -2.57. The van der Waals surface area contributed by atoms with Gasteiger partial charge in [-0.2, -0.15) is 0 Å². The molecule has 0 aliphatic heterocycles. The van der Waals surface area contributed by atoms with E-state index in [9.17, 15) is 34.2 Å². The second kappa shape index (κ2) is 16.8. The first-order valence-corrected chi connectivity index (χ1v) is 14.7. The Bertz CT molecular complexity index is 1470. The molecule has 0 bridgehead atoms. The Morgan fingerprint density at radius 2 is 1.44 bits per heavy atom. The molecule has 3 rings (SSSR count). The van der Waals surface area contributed by atoms with Gasteiger partial charge in [-0.3, -0.25) is 19.2 Å². The second-order valence-electron chi connectivity index (χ2n) is 10.9. The maximum absolute atomic E-state index is 13.7. The van der Waals surface area contributed by atoms with Crippen LogP contribution in [0, 0.1) is 0 Å². The van der Waals surface area contributed by atoms with Crippen LogP contribution in [0.1, 0.15) is 43.2 Å². The molecule has 14 heteroatoms. The molecule has 1 heterocycles. The van der Waals surface area contributed by atoms with Crippen molar-refractivity contribution in [1.29, 1.82) is 0 Å². The van der Waals surface area contributed by atoms with Crippen molar-refractivity contribution < 1.29 is 34.2 Å². The van der Waals surface area contributed by atoms with E-state index in [0.29, 0.717) is 31.4 Å². The third-order valence-electron chi connectivity index (χ3n) is 7.34. The fourth-order valence-electron chi connectivity index (χ4n) is 4.82. The van der Waals surface area contributed by atoms with E-state index in [1.54, 1.807) is 6.20 Å². The van der Waals surface area contributed by atoms with Crippen LogP contribution < -0.4 is 33.2 Å². The normalized spacial score (nSPS) is 13.7. The molecule has 0 saturated carbocycles. The topological polar surface area (TPSA) is 256 Å². The quantitative estimate of drug-likeness (QED) is 0.0857. The van der Waals surface area contributed by atoms with Crippen LogP contribution in [0.2, 0.25) is 0 Å². The number of carboxylic acids is 1. The molecule has 0 radical (unpaired) electrons. The first kappa shape index (κ1) is 34.5. The number of primary amides is 1. The highest BCUT2D eigenvalue weighted by Crippen LogP contribution is 2.19. The zero-order valence-corrected chi connectivity index (χ0v) is 24.8. The molecule has 2 aromatic carbocycles. The van der Waals surface area contributed by atoms with Crippen LogP contribution in [0.15, 0.2) is 54.7 Å². The van der Waals surface area contributed by atoms with Crippen molar-refractivity contribution in [2.24, 2.45) is 17.2 Å². The Morgan fingerprint density at radius 1 is 0.800 bits per heavy atom. The van der Waals surface area contributed by atoms with Crippen molar-refractivity contribution in [3.63, 3.8) is 0 Å². The smallest absolute Gasteiger partial charge is 0.326 e. The van der Waals surface area contributed by atoms with E-state index in [1.165, 1.54) is 24.3 Å². The monoisotopic (exact) mass is 623 g/mol. The molecule has 12 N–H and O–H groups in total. The van der Waals surface area contributed by atoms with Crippen LogP contribution in [0.3, 0.4) is 0 Å². The average molecular weight is 624 g/mol. The predicted molar refractivity (Wildman–Crippen MR) is 167 cm³/mol. The molecule has 0 spiro atoms. The van der Waals surface area contributed by atoms with Gasteiger partial charge in [-0.05, 0) is 55.1 Å². The SMILES string of the molecule is NCCCCC(N)C(=O)NC(Cc1c[nH]c2ccccc12)C(=O)NC(CCC(N)=O)C(=O)NC(Cc1ccc(O)cc1)C(=O)O. The zero-order chi connectivity index (χ0) is 32.9. The van der Waals surface area contributed by atoms with Crippen LogP contribution >= 0.6 is 0 Å². The number of carboxylic acid groups (broad SMARTS) is 1. The van der Waals surface area contributed by atoms with Gasteiger partial charge in [0.15, 0.2) is 0 Å². The molecular weight excluding hydrogens is 582 g/mol. The lowest BCUT2D eigenvalue weighted by atomic mass is 10.0. The molecule has 1 aromatic heterocycles. The van der Waals surface area contributed by atoms with Crippen molar-refractivity contribution in [3.8, 4) is 5.75 Å². The van der Waals surface area contributed by atoms with Gasteiger partial charge >= 0.3 is 5.97 Å². The fraction of sp³-hybridized carbons (Fsp3) is 0.387. The van der Waals surface area contributed by atoms with Crippen LogP contribution in [0.5, 0.6) is 5.75 Å². The number of benzene rings is 2. The molecule has 45 heavy (non-hydrogen) atoms. The highest BCUT2D eigenvalue weighted by molar-refractivity contribution is 5.95. The number of aromatic nitrogens is 1. The van der Waals surface area contributed by atoms with E-state index in [4.69, 9.17) is 17.2 Å². The zero-order valence-electron chi connectivity index (χ0n) is 24.8. The van der Waals surface area contributed by atoms with Crippen molar-refractivity contribution in [2.75, 3.05) is 6.54 Å². The Kier molecular flexibility index (Phi) is 12.9. The maximum atomic E-state index is 13.7. The van der Waals surface area contributed by atoms with E-state index < -0.39 is 53.8 Å². The first-order valence-electron chi connectivity index (χ1n) is 14.7. The minimum Gasteiger partial charge on any atom is -0.508 e. The summed E-state index contributed by atoms with van der Waals surface area (Å²) in [5.74, 6) is -4.22. The maximum Gasteiger partial charge on any atom is 0.326 e. The minimum absolute atomic E-state index is 0.00492. The number of phenols is 1. The number of rotatable bonds is 18. The number of fused-ring (bicyclic) bond motifs is 1. The molecule has 3 aromatic rings. The number of carbonyl (C=O) groups is 5. The highest BCUT2D eigenvalue weighted by Gasteiger charge is 2.31. The number of aliphatic carboxylic acids is 1. The van der Waals surface area contributed by atoms with E-state index in [0.717, 1.165) is 16.5 Å². The number of hydrogen-bond donors (Lipinski definition) is 9. The third kappa shape index (κ3) is 10.6. The van der Waals surface area contributed by atoms with E-state index >= 15 is 0 Å². The summed E-state index contributed by atoms with van der Waals surface area (Å²) in [5, 5.41) is 27.8. The number of para-hydroxylation sites is 1. The number of amides is 4. The van der Waals surface area contributed by atoms with Crippen LogP contribution in [-0.2, 0) is 36.8 Å². The molecule has 0 fully saturated rings. The van der Waals surface area contributed by atoms with Gasteiger partial charge < -0.3 is 48.3 Å². The van der Waals surface area contributed by atoms with E-state index in [1.807, 2.05) is 24.3 Å². The van der Waals surface area contributed by atoms with Crippen molar-refractivity contribution in [2.45, 2.75) is 69.1 Å². The molecule has 0 aliphatic rings. The number of aromatic hydroxyl groups is 1. The number of nitrogens with two attached hydrogens (primary N) is 3. The molecule has 4 atom stereocenters. The first-order chi connectivity index (χ1) is 21.5. The molecular formula is C31H41N7O7. The highest BCUT2D eigenvalue weighted by atomic mass is 16.4. The van der Waals surface area contributed by atoms with Gasteiger partial charge in [-0.25, -0.2) is 4.79 Å². The standard InChI is InChI=1S/C31H41N7O7/c32-14-4-3-6-22(33)28(41)37-25(16-19-17-35-23-7-2-1-5-21(19)23)30(43)36-24(12-13-27(34)40)29(42)38-26(31(44)45)15-18-8-10-20(39)11-9-18/h1-2,5,7-11,17,22,24-26,35,39H,3-4,6,12-16,32-33H2,(H2,34,40)(H,36,43)(H,37,41)(H,38,42)(H,44,45). The van der Waals surface area contributed by atoms with E-state index in [-0.39, 0.29) is 31.4 Å². The molecule has 4 unspecified atom stereocenters. The molecule has 0 aliphatic carbocycles. The van der Waals surface area contributed by atoms with Crippen molar-refractivity contribution in [1.82, 2.24) is 20.9 Å². The number of aromatic amines is 1. The van der Waals surface area contributed by atoms with Gasteiger partial charge in [0.1, 0.15) is 23.9 Å². The summed E-state index contributed by atoms with van der Waals surface area (Å²) >= 11 is 0. The number of hydrogen-bond acceptors (Lipinski definition) is 8. The summed E-state index contributed by atoms with van der Waals surface area (Å²) in [7, 11) is 0. The van der Waals surface area contributed by atoms with Gasteiger partial charge in [0, 0.05) is 36.4 Å².